The number of thioether (sulfide) groups is 1. The van der Waals surface area contributed by atoms with Gasteiger partial charge in [0.2, 0.25) is 11.8 Å². The topological polar surface area (TPSA) is 49.4 Å². The van der Waals surface area contributed by atoms with Crippen molar-refractivity contribution in [3.8, 4) is 0 Å². The van der Waals surface area contributed by atoms with Gasteiger partial charge in [-0.1, -0.05) is 72.8 Å². The highest BCUT2D eigenvalue weighted by Gasteiger charge is 2.30. The number of nitrogens with zero attached hydrogens (tertiary/aromatic N) is 1. The number of hydrogen-bond donors (Lipinski definition) is 1. The Balaban J connectivity index is 1.52. The number of benzene rings is 3. The molecule has 0 saturated carbocycles. The molecule has 0 aromatic heterocycles. The van der Waals surface area contributed by atoms with Gasteiger partial charge in [0.1, 0.15) is 6.54 Å². The van der Waals surface area contributed by atoms with Gasteiger partial charge in [0.15, 0.2) is 0 Å². The molecule has 5 heteroatoms. The Bertz CT molecular complexity index is 992. The quantitative estimate of drug-likeness (QED) is 0.680. The van der Waals surface area contributed by atoms with Crippen molar-refractivity contribution >= 4 is 29.3 Å². The number of rotatable bonds is 5. The monoisotopic (exact) mass is 402 g/mol. The molecular weight excluding hydrogens is 380 g/mol. The molecule has 0 unspecified atom stereocenters. The van der Waals surface area contributed by atoms with Crippen LogP contribution in [0, 0.1) is 0 Å². The van der Waals surface area contributed by atoms with Crippen LogP contribution < -0.4 is 10.2 Å². The van der Waals surface area contributed by atoms with Gasteiger partial charge in [-0.15, -0.1) is 11.8 Å². The van der Waals surface area contributed by atoms with Crippen LogP contribution in [0.1, 0.15) is 22.8 Å². The van der Waals surface area contributed by atoms with Gasteiger partial charge in [0, 0.05) is 23.1 Å². The average Bonchev–Trinajstić information content (AvgIpc) is 2.90. The number of anilines is 1. The minimum absolute atomic E-state index is 0.0186. The third kappa shape index (κ3) is 4.69. The molecular formula is C24H22N2O2S. The Hall–Kier alpha value is -3.05. The molecule has 0 saturated heterocycles. The van der Waals surface area contributed by atoms with Crippen LogP contribution in [0.25, 0.3) is 0 Å². The van der Waals surface area contributed by atoms with E-state index in [1.165, 1.54) is 0 Å². The lowest BCUT2D eigenvalue weighted by molar-refractivity contribution is -0.124. The van der Waals surface area contributed by atoms with Crippen molar-refractivity contribution in [2.24, 2.45) is 0 Å². The summed E-state index contributed by atoms with van der Waals surface area (Å²) in [4.78, 5) is 28.3. The highest BCUT2D eigenvalue weighted by Crippen LogP contribution is 2.45. The number of carbonyl (C=O) groups is 2. The lowest BCUT2D eigenvalue weighted by atomic mass is 10.1. The molecule has 1 N–H and O–H groups in total. The summed E-state index contributed by atoms with van der Waals surface area (Å²) in [5.41, 5.74) is 2.95. The highest BCUT2D eigenvalue weighted by molar-refractivity contribution is 7.99. The van der Waals surface area contributed by atoms with E-state index in [9.17, 15) is 9.59 Å². The zero-order chi connectivity index (χ0) is 20.1. The lowest BCUT2D eigenvalue weighted by Crippen LogP contribution is -2.40. The van der Waals surface area contributed by atoms with Crippen molar-refractivity contribution in [1.82, 2.24) is 5.32 Å². The van der Waals surface area contributed by atoms with Crippen LogP contribution in [-0.2, 0) is 16.1 Å². The molecule has 0 fully saturated rings. The van der Waals surface area contributed by atoms with Crippen LogP contribution in [0.2, 0.25) is 0 Å². The van der Waals surface area contributed by atoms with Crippen molar-refractivity contribution in [2.45, 2.75) is 23.1 Å². The van der Waals surface area contributed by atoms with Crippen LogP contribution in [0.5, 0.6) is 0 Å². The average molecular weight is 403 g/mol. The molecule has 1 atom stereocenters. The van der Waals surface area contributed by atoms with E-state index in [1.807, 2.05) is 72.8 Å². The maximum Gasteiger partial charge on any atom is 0.240 e. The third-order valence-corrected chi connectivity index (χ3v) is 6.21. The Morgan fingerprint density at radius 3 is 2.34 bits per heavy atom. The summed E-state index contributed by atoms with van der Waals surface area (Å²) < 4.78 is 0. The normalized spacial score (nSPS) is 16.1. The summed E-state index contributed by atoms with van der Waals surface area (Å²) in [6.07, 6.45) is 0.356. The zero-order valence-corrected chi connectivity index (χ0v) is 16.8. The van der Waals surface area contributed by atoms with Gasteiger partial charge in [0.25, 0.3) is 0 Å². The number of carbonyl (C=O) groups excluding carboxylic acids is 2. The second-order valence-electron chi connectivity index (χ2n) is 6.93. The van der Waals surface area contributed by atoms with E-state index in [0.29, 0.717) is 13.0 Å². The zero-order valence-electron chi connectivity index (χ0n) is 16.0. The first-order chi connectivity index (χ1) is 14.2. The molecule has 4 rings (SSSR count). The van der Waals surface area contributed by atoms with Crippen molar-refractivity contribution in [1.29, 1.82) is 0 Å². The Labute approximate surface area is 174 Å². The molecule has 0 bridgehead atoms. The second kappa shape index (κ2) is 8.97. The Morgan fingerprint density at radius 1 is 0.931 bits per heavy atom. The van der Waals surface area contributed by atoms with E-state index in [2.05, 4.69) is 17.4 Å². The number of para-hydroxylation sites is 1. The lowest BCUT2D eigenvalue weighted by Gasteiger charge is -2.22. The second-order valence-corrected chi connectivity index (χ2v) is 8.18. The predicted octanol–water partition coefficient (Wildman–Crippen LogP) is 4.57. The molecule has 0 aliphatic carbocycles. The van der Waals surface area contributed by atoms with Crippen LogP contribution in [0.3, 0.4) is 0 Å². The number of hydrogen-bond acceptors (Lipinski definition) is 3. The Kier molecular flexibility index (Phi) is 5.96. The van der Waals surface area contributed by atoms with Crippen molar-refractivity contribution in [3.63, 3.8) is 0 Å². The van der Waals surface area contributed by atoms with Gasteiger partial charge < -0.3 is 10.2 Å². The van der Waals surface area contributed by atoms with Crippen molar-refractivity contribution < 1.29 is 9.59 Å². The van der Waals surface area contributed by atoms with Gasteiger partial charge in [0.05, 0.1) is 5.69 Å². The molecule has 1 heterocycles. The molecule has 2 amide bonds. The fourth-order valence-electron chi connectivity index (χ4n) is 3.40. The first kappa shape index (κ1) is 19.3. The van der Waals surface area contributed by atoms with E-state index in [-0.39, 0.29) is 23.6 Å². The maximum absolute atomic E-state index is 13.1. The summed E-state index contributed by atoms with van der Waals surface area (Å²) in [7, 11) is 0. The molecule has 0 radical (unpaired) electrons. The van der Waals surface area contributed by atoms with Crippen molar-refractivity contribution in [2.75, 3.05) is 11.4 Å². The SMILES string of the molecule is O=C(CN1C(=O)C[C@@H](c2ccccc2)Sc2ccccc21)NCc1ccccc1. The highest BCUT2D eigenvalue weighted by atomic mass is 32.2. The van der Waals surface area contributed by atoms with Gasteiger partial charge in [-0.3, -0.25) is 9.59 Å². The fourth-order valence-corrected chi connectivity index (χ4v) is 4.68. The summed E-state index contributed by atoms with van der Waals surface area (Å²) in [5, 5.41) is 2.95. The molecule has 146 valence electrons. The van der Waals surface area contributed by atoms with Gasteiger partial charge in [-0.05, 0) is 23.3 Å². The molecule has 1 aliphatic rings. The summed E-state index contributed by atoms with van der Waals surface area (Å²) in [6, 6.07) is 27.6. The minimum atomic E-state index is -0.167. The first-order valence-electron chi connectivity index (χ1n) is 9.62. The van der Waals surface area contributed by atoms with E-state index >= 15 is 0 Å². The molecule has 4 nitrogen and oxygen atoms in total. The molecule has 0 spiro atoms. The molecule has 3 aromatic rings. The van der Waals surface area contributed by atoms with Crippen molar-refractivity contribution in [3.05, 3.63) is 96.1 Å². The Morgan fingerprint density at radius 2 is 1.59 bits per heavy atom. The number of fused-ring (bicyclic) bond motifs is 1. The predicted molar refractivity (Wildman–Crippen MR) is 117 cm³/mol. The van der Waals surface area contributed by atoms with E-state index < -0.39 is 0 Å². The van der Waals surface area contributed by atoms with Crippen LogP contribution >= 0.6 is 11.8 Å². The van der Waals surface area contributed by atoms with E-state index in [1.54, 1.807) is 16.7 Å². The molecule has 29 heavy (non-hydrogen) atoms. The minimum Gasteiger partial charge on any atom is -0.350 e. The third-order valence-electron chi connectivity index (χ3n) is 4.89. The smallest absolute Gasteiger partial charge is 0.240 e. The van der Waals surface area contributed by atoms with E-state index in [4.69, 9.17) is 0 Å². The summed E-state index contributed by atoms with van der Waals surface area (Å²) in [5.74, 6) is -0.202. The standard InChI is InChI=1S/C24H22N2O2S/c27-23(25-16-18-9-3-1-4-10-18)17-26-20-13-7-8-14-21(20)29-22(15-24(26)28)19-11-5-2-6-12-19/h1-14,22H,15-17H2,(H,25,27)/t22-/m0/s1. The molecule has 1 aliphatic heterocycles. The largest absolute Gasteiger partial charge is 0.350 e. The van der Waals surface area contributed by atoms with Gasteiger partial charge >= 0.3 is 0 Å². The van der Waals surface area contributed by atoms with E-state index in [0.717, 1.165) is 21.7 Å². The molecule has 3 aromatic carbocycles. The van der Waals surface area contributed by atoms with Gasteiger partial charge in [-0.2, -0.15) is 0 Å². The van der Waals surface area contributed by atoms with Crippen LogP contribution in [0.15, 0.2) is 89.8 Å². The number of amides is 2. The van der Waals surface area contributed by atoms with Crippen LogP contribution in [0.4, 0.5) is 5.69 Å². The summed E-state index contributed by atoms with van der Waals surface area (Å²) >= 11 is 1.68. The van der Waals surface area contributed by atoms with Gasteiger partial charge in [-0.25, -0.2) is 0 Å². The summed E-state index contributed by atoms with van der Waals surface area (Å²) in [6.45, 7) is 0.468. The maximum atomic E-state index is 13.1. The fraction of sp³-hybridized carbons (Fsp3) is 0.167. The van der Waals surface area contributed by atoms with Crippen LogP contribution in [-0.4, -0.2) is 18.4 Å². The number of nitrogens with one attached hydrogen (secondary N) is 1. The first-order valence-corrected chi connectivity index (χ1v) is 10.5.